The molecule has 1 aromatic carbocycles. The minimum absolute atomic E-state index is 0. The summed E-state index contributed by atoms with van der Waals surface area (Å²) in [4.78, 5) is 53.0. The first kappa shape index (κ1) is 32.1. The smallest absolute Gasteiger partial charge is 0.255 e. The molecule has 41 heavy (non-hydrogen) atoms. The number of fused-ring (bicyclic) bond motifs is 3. The van der Waals surface area contributed by atoms with Crippen molar-refractivity contribution >= 4 is 41.5 Å². The summed E-state index contributed by atoms with van der Waals surface area (Å²) in [5.74, 6) is -7.58. The van der Waals surface area contributed by atoms with Crippen molar-refractivity contribution in [1.82, 2.24) is 10.2 Å². The highest BCUT2D eigenvalue weighted by molar-refractivity contribution is 6.25. The summed E-state index contributed by atoms with van der Waals surface area (Å²) in [6, 6.07) is 2.04. The molecule has 4 rings (SSSR count). The van der Waals surface area contributed by atoms with Gasteiger partial charge in [-0.05, 0) is 57.5 Å². The zero-order valence-electron chi connectivity index (χ0n) is 23.2. The summed E-state index contributed by atoms with van der Waals surface area (Å²) in [5, 5.41) is 50.3. The van der Waals surface area contributed by atoms with Gasteiger partial charge in [-0.2, -0.15) is 0 Å². The molecule has 2 amide bonds. The third kappa shape index (κ3) is 5.32. The average molecular weight is 593 g/mol. The second kappa shape index (κ2) is 12.2. The van der Waals surface area contributed by atoms with Crippen LogP contribution < -0.4 is 16.4 Å². The van der Waals surface area contributed by atoms with Crippen molar-refractivity contribution in [2.75, 3.05) is 32.5 Å². The summed E-state index contributed by atoms with van der Waals surface area (Å²) in [6.07, 6.45) is 3.18. The van der Waals surface area contributed by atoms with E-state index in [4.69, 9.17) is 5.73 Å². The summed E-state index contributed by atoms with van der Waals surface area (Å²) >= 11 is 0. The van der Waals surface area contributed by atoms with Gasteiger partial charge in [0.15, 0.2) is 17.1 Å². The van der Waals surface area contributed by atoms with E-state index < -0.39 is 69.7 Å². The lowest BCUT2D eigenvalue weighted by atomic mass is 9.58. The first-order valence-corrected chi connectivity index (χ1v) is 13.4. The van der Waals surface area contributed by atoms with E-state index in [1.807, 2.05) is 0 Å². The van der Waals surface area contributed by atoms with Gasteiger partial charge in [-0.15, -0.1) is 12.4 Å². The molecule has 0 bridgehead atoms. The standard InChI is InChI=1S/C28H36N4O8.ClH/c1-4-5-6-9-30-12-17(33)31-16-8-7-13-10-14-11-15-21(32(2)3)24(36)20(27(29)39)26(38)28(15,40)25(37)19(14)23(35)18(13)22(16)34;/h7-8,14-15,21,30,34,36-37,40H,4-6,9-12H2,1-3H3,(H2,29,39)(H,31,33);1H/t14?,15?,21-,28-;/m0./s1. The Morgan fingerprint density at radius 1 is 1.15 bits per heavy atom. The number of allylic oxidation sites excluding steroid dienone is 1. The van der Waals surface area contributed by atoms with Crippen LogP contribution in [0, 0.1) is 11.8 Å². The molecule has 0 radical (unpaired) electrons. The molecule has 12 nitrogen and oxygen atoms in total. The minimum atomic E-state index is -2.70. The first-order valence-electron chi connectivity index (χ1n) is 13.4. The number of Topliss-reactive ketones (excluding diaryl/α,β-unsaturated/α-hetero) is 2. The molecule has 2 unspecified atom stereocenters. The fourth-order valence-corrected chi connectivity index (χ4v) is 6.22. The Labute approximate surface area is 243 Å². The number of aliphatic hydroxyl groups is 3. The molecule has 0 aliphatic heterocycles. The number of amides is 2. The lowest BCUT2D eigenvalue weighted by molar-refractivity contribution is -0.148. The number of nitrogens with one attached hydrogen (secondary N) is 2. The Morgan fingerprint density at radius 3 is 2.44 bits per heavy atom. The number of likely N-dealkylation sites (N-methyl/N-ethyl adjacent to an activating group) is 1. The molecule has 3 aliphatic rings. The van der Waals surface area contributed by atoms with Crippen LogP contribution in [0.25, 0.3) is 0 Å². The number of aliphatic hydroxyl groups excluding tert-OH is 2. The molecular weight excluding hydrogens is 556 g/mol. The number of carbonyl (C=O) groups excluding carboxylic acids is 4. The molecule has 0 aromatic heterocycles. The van der Waals surface area contributed by atoms with Gasteiger partial charge in [0.1, 0.15) is 17.1 Å². The second-order valence-electron chi connectivity index (χ2n) is 10.9. The van der Waals surface area contributed by atoms with Gasteiger partial charge >= 0.3 is 0 Å². The van der Waals surface area contributed by atoms with Crippen LogP contribution in [0.15, 0.2) is 34.8 Å². The van der Waals surface area contributed by atoms with E-state index in [0.717, 1.165) is 19.3 Å². The predicted octanol–water partition coefficient (Wildman–Crippen LogP) is 1.26. The molecule has 224 valence electrons. The van der Waals surface area contributed by atoms with Gasteiger partial charge in [-0.3, -0.25) is 24.1 Å². The number of nitrogens with zero attached hydrogens (tertiary/aromatic N) is 1. The lowest BCUT2D eigenvalue weighted by Gasteiger charge is -2.50. The van der Waals surface area contributed by atoms with E-state index in [0.29, 0.717) is 12.1 Å². The van der Waals surface area contributed by atoms with Gasteiger partial charge in [-0.1, -0.05) is 25.8 Å². The molecule has 1 aromatic rings. The van der Waals surface area contributed by atoms with E-state index in [2.05, 4.69) is 17.6 Å². The number of hydrogen-bond donors (Lipinski definition) is 7. The largest absolute Gasteiger partial charge is 0.510 e. The van der Waals surface area contributed by atoms with Crippen LogP contribution in [0.4, 0.5) is 5.69 Å². The molecule has 0 fully saturated rings. The van der Waals surface area contributed by atoms with Crippen molar-refractivity contribution in [1.29, 1.82) is 0 Å². The van der Waals surface area contributed by atoms with E-state index in [-0.39, 0.29) is 48.6 Å². The van der Waals surface area contributed by atoms with Crippen LogP contribution in [0.3, 0.4) is 0 Å². The Balaban J connectivity index is 0.00000462. The molecule has 13 heteroatoms. The van der Waals surface area contributed by atoms with Crippen LogP contribution >= 0.6 is 12.4 Å². The van der Waals surface area contributed by atoms with Gasteiger partial charge in [0.2, 0.25) is 11.7 Å². The monoisotopic (exact) mass is 592 g/mol. The third-order valence-corrected chi connectivity index (χ3v) is 8.11. The molecule has 4 atom stereocenters. The zero-order valence-corrected chi connectivity index (χ0v) is 24.0. The van der Waals surface area contributed by atoms with Gasteiger partial charge in [-0.25, -0.2) is 0 Å². The molecule has 0 saturated heterocycles. The number of nitrogens with two attached hydrogens (primary N) is 1. The summed E-state index contributed by atoms with van der Waals surface area (Å²) in [7, 11) is 3.14. The Morgan fingerprint density at radius 2 is 1.83 bits per heavy atom. The van der Waals surface area contributed by atoms with Crippen molar-refractivity contribution < 1.29 is 39.6 Å². The average Bonchev–Trinajstić information content (AvgIpc) is 2.87. The molecule has 0 heterocycles. The highest BCUT2D eigenvalue weighted by Gasteiger charge is 2.63. The normalized spacial score (nSPS) is 25.3. The van der Waals surface area contributed by atoms with Crippen LogP contribution in [0.2, 0.25) is 0 Å². The number of halogens is 1. The summed E-state index contributed by atoms with van der Waals surface area (Å²) in [6.45, 7) is 2.74. The number of aromatic hydroxyl groups is 1. The third-order valence-electron chi connectivity index (χ3n) is 8.11. The van der Waals surface area contributed by atoms with Crippen LogP contribution in [-0.2, 0) is 20.8 Å². The maximum absolute atomic E-state index is 13.7. The maximum atomic E-state index is 13.7. The topological polar surface area (TPSA) is 203 Å². The van der Waals surface area contributed by atoms with Crippen LogP contribution in [0.1, 0.15) is 48.5 Å². The number of rotatable bonds is 9. The second-order valence-corrected chi connectivity index (χ2v) is 10.9. The number of phenolic OH excluding ortho intramolecular Hbond substituents is 1. The minimum Gasteiger partial charge on any atom is -0.510 e. The fourth-order valence-electron chi connectivity index (χ4n) is 6.22. The SMILES string of the molecule is CCCCCNCC(=O)Nc1ccc2c(c1O)C(=O)C1=C(O)[C@]3(O)C(=O)C(C(N)=O)=C(O)[C@@H](N(C)C)C3CC1C2.Cl. The van der Waals surface area contributed by atoms with Crippen molar-refractivity contribution in [3.63, 3.8) is 0 Å². The Bertz CT molecular complexity index is 1340. The van der Waals surface area contributed by atoms with E-state index in [1.165, 1.54) is 11.0 Å². The predicted molar refractivity (Wildman–Crippen MR) is 152 cm³/mol. The molecule has 8 N–H and O–H groups in total. The number of phenols is 1. The number of ketones is 2. The number of carbonyl (C=O) groups is 4. The van der Waals surface area contributed by atoms with Gasteiger partial charge < -0.3 is 36.8 Å². The summed E-state index contributed by atoms with van der Waals surface area (Å²) < 4.78 is 0. The van der Waals surface area contributed by atoms with Gasteiger partial charge in [0, 0.05) is 11.5 Å². The van der Waals surface area contributed by atoms with Crippen molar-refractivity contribution in [3.05, 3.63) is 45.9 Å². The van der Waals surface area contributed by atoms with Crippen molar-refractivity contribution in [3.8, 4) is 5.75 Å². The lowest BCUT2D eigenvalue weighted by Crippen LogP contribution is -2.63. The fraction of sp³-hybridized carbons (Fsp3) is 0.500. The van der Waals surface area contributed by atoms with E-state index in [1.54, 1.807) is 20.2 Å². The molecule has 0 spiro atoms. The van der Waals surface area contributed by atoms with Gasteiger partial charge in [0.25, 0.3) is 5.91 Å². The van der Waals surface area contributed by atoms with Crippen molar-refractivity contribution in [2.24, 2.45) is 17.6 Å². The quantitative estimate of drug-likeness (QED) is 0.124. The number of primary amides is 1. The number of unbranched alkanes of at least 4 members (excludes halogenated alkanes) is 2. The highest BCUT2D eigenvalue weighted by Crippen LogP contribution is 2.52. The van der Waals surface area contributed by atoms with Crippen molar-refractivity contribution in [2.45, 2.75) is 50.7 Å². The molecule has 3 aliphatic carbocycles. The van der Waals surface area contributed by atoms with Gasteiger partial charge in [0.05, 0.1) is 23.8 Å². The molecular formula is C28H37ClN4O8. The number of hydrogen-bond acceptors (Lipinski definition) is 10. The number of anilines is 1. The maximum Gasteiger partial charge on any atom is 0.255 e. The first-order chi connectivity index (χ1) is 18.9. The Kier molecular flexibility index (Phi) is 9.54. The van der Waals surface area contributed by atoms with E-state index in [9.17, 15) is 39.6 Å². The molecule has 0 saturated carbocycles. The summed E-state index contributed by atoms with van der Waals surface area (Å²) in [5.41, 5.74) is 1.84. The van der Waals surface area contributed by atoms with Crippen LogP contribution in [-0.4, -0.2) is 87.5 Å². The Hall–Kier alpha value is -3.45. The van der Waals surface area contributed by atoms with E-state index >= 15 is 0 Å². The zero-order chi connectivity index (χ0) is 29.5. The number of benzene rings is 1. The highest BCUT2D eigenvalue weighted by atomic mass is 35.5. The van der Waals surface area contributed by atoms with Crippen LogP contribution in [0.5, 0.6) is 5.75 Å².